The van der Waals surface area contributed by atoms with Gasteiger partial charge in [0.15, 0.2) is 0 Å². The van der Waals surface area contributed by atoms with Crippen LogP contribution in [0.1, 0.15) is 18.4 Å². The molecule has 0 aliphatic rings. The van der Waals surface area contributed by atoms with E-state index < -0.39 is 0 Å². The van der Waals surface area contributed by atoms with E-state index in [0.29, 0.717) is 13.0 Å². The zero-order valence-corrected chi connectivity index (χ0v) is 10.0. The van der Waals surface area contributed by atoms with Gasteiger partial charge in [0, 0.05) is 13.0 Å². The molecule has 0 aromatic heterocycles. The van der Waals surface area contributed by atoms with Crippen molar-refractivity contribution in [2.75, 3.05) is 19.8 Å². The minimum Gasteiger partial charge on any atom is -0.493 e. The van der Waals surface area contributed by atoms with Crippen molar-refractivity contribution < 1.29 is 19.4 Å². The maximum absolute atomic E-state index is 11.2. The molecule has 0 aliphatic heterocycles. The number of rotatable bonds is 7. The first kappa shape index (κ1) is 13.5. The molecule has 4 nitrogen and oxygen atoms in total. The van der Waals surface area contributed by atoms with Crippen molar-refractivity contribution in [2.45, 2.75) is 19.8 Å². The molecule has 0 heterocycles. The molecule has 0 aliphatic carbocycles. The molecule has 0 unspecified atom stereocenters. The summed E-state index contributed by atoms with van der Waals surface area (Å²) in [5, 5.41) is 8.52. The average molecular weight is 238 g/mol. The van der Waals surface area contributed by atoms with E-state index >= 15 is 0 Å². The van der Waals surface area contributed by atoms with Gasteiger partial charge in [0.2, 0.25) is 0 Å². The Morgan fingerprint density at radius 1 is 1.29 bits per heavy atom. The predicted molar refractivity (Wildman–Crippen MR) is 64.0 cm³/mol. The fourth-order valence-electron chi connectivity index (χ4n) is 1.29. The lowest BCUT2D eigenvalue weighted by atomic mass is 10.2. The van der Waals surface area contributed by atoms with Crippen molar-refractivity contribution in [3.63, 3.8) is 0 Å². The maximum Gasteiger partial charge on any atom is 0.309 e. The van der Waals surface area contributed by atoms with E-state index in [2.05, 4.69) is 0 Å². The lowest BCUT2D eigenvalue weighted by molar-refractivity contribution is -0.144. The van der Waals surface area contributed by atoms with Gasteiger partial charge in [-0.1, -0.05) is 18.2 Å². The smallest absolute Gasteiger partial charge is 0.309 e. The number of hydrogen-bond acceptors (Lipinski definition) is 4. The van der Waals surface area contributed by atoms with Gasteiger partial charge >= 0.3 is 5.97 Å². The van der Waals surface area contributed by atoms with E-state index in [0.717, 1.165) is 11.3 Å². The second kappa shape index (κ2) is 7.68. The number of carbonyl (C=O) groups is 1. The van der Waals surface area contributed by atoms with Crippen LogP contribution in [0.5, 0.6) is 5.75 Å². The molecule has 0 saturated carbocycles. The molecule has 94 valence electrons. The molecular weight excluding hydrogens is 220 g/mol. The van der Waals surface area contributed by atoms with Gasteiger partial charge in [-0.25, -0.2) is 0 Å². The Hall–Kier alpha value is -1.55. The fraction of sp³-hybridized carbons (Fsp3) is 0.462. The van der Waals surface area contributed by atoms with Gasteiger partial charge in [-0.3, -0.25) is 4.79 Å². The topological polar surface area (TPSA) is 55.8 Å². The molecule has 4 heteroatoms. The molecule has 0 bridgehead atoms. The van der Waals surface area contributed by atoms with E-state index in [9.17, 15) is 4.79 Å². The lowest BCUT2D eigenvalue weighted by Crippen LogP contribution is -2.11. The summed E-state index contributed by atoms with van der Waals surface area (Å²) in [5.41, 5.74) is 1.04. The standard InChI is InChI=1S/C13H18O4/c1-11-5-2-3-6-12(11)16-10-7-13(15)17-9-4-8-14/h2-3,5-6,14H,4,7-10H2,1H3. The Kier molecular flexibility index (Phi) is 6.10. The zero-order valence-electron chi connectivity index (χ0n) is 10.0. The lowest BCUT2D eigenvalue weighted by Gasteiger charge is -2.08. The Bertz CT molecular complexity index is 349. The molecule has 0 saturated heterocycles. The number of esters is 1. The van der Waals surface area contributed by atoms with Crippen LogP contribution in [0.25, 0.3) is 0 Å². The summed E-state index contributed by atoms with van der Waals surface area (Å²) in [5.74, 6) is 0.489. The number of aliphatic hydroxyl groups is 1. The van der Waals surface area contributed by atoms with Gasteiger partial charge in [0.1, 0.15) is 5.75 Å². The predicted octanol–water partition coefficient (Wildman–Crippen LogP) is 1.69. The van der Waals surface area contributed by atoms with Gasteiger partial charge < -0.3 is 14.6 Å². The molecule has 0 radical (unpaired) electrons. The Morgan fingerprint density at radius 2 is 2.06 bits per heavy atom. The van der Waals surface area contributed by atoms with E-state index in [1.165, 1.54) is 0 Å². The normalized spacial score (nSPS) is 10.0. The highest BCUT2D eigenvalue weighted by molar-refractivity contribution is 5.69. The van der Waals surface area contributed by atoms with Crippen LogP contribution < -0.4 is 4.74 Å². The summed E-state index contributed by atoms with van der Waals surface area (Å²) in [6.07, 6.45) is 0.699. The van der Waals surface area contributed by atoms with Crippen molar-refractivity contribution >= 4 is 5.97 Å². The largest absolute Gasteiger partial charge is 0.493 e. The van der Waals surface area contributed by atoms with Crippen LogP contribution in [0, 0.1) is 6.92 Å². The third kappa shape index (κ3) is 5.36. The summed E-state index contributed by atoms with van der Waals surface area (Å²) >= 11 is 0. The molecule has 0 amide bonds. The van der Waals surface area contributed by atoms with Crippen LogP contribution in [0.3, 0.4) is 0 Å². The van der Waals surface area contributed by atoms with Crippen LogP contribution in [0.15, 0.2) is 24.3 Å². The van der Waals surface area contributed by atoms with E-state index in [-0.39, 0.29) is 25.6 Å². The van der Waals surface area contributed by atoms with Gasteiger partial charge in [0.25, 0.3) is 0 Å². The molecule has 0 spiro atoms. The molecule has 17 heavy (non-hydrogen) atoms. The second-order valence-corrected chi connectivity index (χ2v) is 3.66. The van der Waals surface area contributed by atoms with Crippen LogP contribution >= 0.6 is 0 Å². The summed E-state index contributed by atoms with van der Waals surface area (Å²) in [4.78, 5) is 11.2. The third-order valence-corrected chi connectivity index (χ3v) is 2.22. The molecule has 1 rings (SSSR count). The number of aryl methyl sites for hydroxylation is 1. The van der Waals surface area contributed by atoms with Crippen LogP contribution in [-0.2, 0) is 9.53 Å². The number of benzene rings is 1. The van der Waals surface area contributed by atoms with Gasteiger partial charge in [-0.2, -0.15) is 0 Å². The number of aliphatic hydroxyl groups excluding tert-OH is 1. The quantitative estimate of drug-likeness (QED) is 0.580. The maximum atomic E-state index is 11.2. The molecule has 1 aromatic rings. The van der Waals surface area contributed by atoms with Gasteiger partial charge in [-0.05, 0) is 18.6 Å². The molecule has 1 aromatic carbocycles. The Balaban J connectivity index is 2.19. The van der Waals surface area contributed by atoms with Crippen molar-refractivity contribution in [1.82, 2.24) is 0 Å². The van der Waals surface area contributed by atoms with Crippen molar-refractivity contribution in [2.24, 2.45) is 0 Å². The number of carbonyl (C=O) groups excluding carboxylic acids is 1. The summed E-state index contributed by atoms with van der Waals surface area (Å²) < 4.78 is 10.3. The number of hydrogen-bond donors (Lipinski definition) is 1. The first-order valence-electron chi connectivity index (χ1n) is 5.69. The highest BCUT2D eigenvalue weighted by Crippen LogP contribution is 2.16. The van der Waals surface area contributed by atoms with Crippen LogP contribution in [0.2, 0.25) is 0 Å². The highest BCUT2D eigenvalue weighted by atomic mass is 16.5. The minimum absolute atomic E-state index is 0.0347. The van der Waals surface area contributed by atoms with Gasteiger partial charge in [0.05, 0.1) is 19.6 Å². The highest BCUT2D eigenvalue weighted by Gasteiger charge is 2.04. The Labute approximate surface area is 101 Å². The van der Waals surface area contributed by atoms with E-state index in [1.807, 2.05) is 31.2 Å². The second-order valence-electron chi connectivity index (χ2n) is 3.66. The number of ether oxygens (including phenoxy) is 2. The summed E-state index contributed by atoms with van der Waals surface area (Å²) in [7, 11) is 0. The minimum atomic E-state index is -0.299. The first-order chi connectivity index (χ1) is 8.24. The molecule has 0 fully saturated rings. The monoisotopic (exact) mass is 238 g/mol. The van der Waals surface area contributed by atoms with Crippen molar-refractivity contribution in [3.05, 3.63) is 29.8 Å². The number of para-hydroxylation sites is 1. The molecular formula is C13H18O4. The summed E-state index contributed by atoms with van der Waals surface area (Å²) in [6, 6.07) is 7.65. The Morgan fingerprint density at radius 3 is 2.76 bits per heavy atom. The molecule has 0 atom stereocenters. The molecule has 1 N–H and O–H groups in total. The van der Waals surface area contributed by atoms with E-state index in [4.69, 9.17) is 14.6 Å². The summed E-state index contributed by atoms with van der Waals surface area (Å²) in [6.45, 7) is 2.56. The van der Waals surface area contributed by atoms with Crippen LogP contribution in [-0.4, -0.2) is 30.9 Å². The average Bonchev–Trinajstić information content (AvgIpc) is 2.32. The van der Waals surface area contributed by atoms with Gasteiger partial charge in [-0.15, -0.1) is 0 Å². The van der Waals surface area contributed by atoms with Crippen LogP contribution in [0.4, 0.5) is 0 Å². The van der Waals surface area contributed by atoms with Crippen molar-refractivity contribution in [1.29, 1.82) is 0 Å². The fourth-order valence-corrected chi connectivity index (χ4v) is 1.29. The van der Waals surface area contributed by atoms with Crippen molar-refractivity contribution in [3.8, 4) is 5.75 Å². The first-order valence-corrected chi connectivity index (χ1v) is 5.69. The third-order valence-electron chi connectivity index (χ3n) is 2.22. The SMILES string of the molecule is Cc1ccccc1OCCC(=O)OCCCO. The zero-order chi connectivity index (χ0) is 12.5. The van der Waals surface area contributed by atoms with E-state index in [1.54, 1.807) is 0 Å².